The monoisotopic (exact) mass is 272 g/mol. The number of nitrogens with zero attached hydrogens (tertiary/aromatic N) is 3. The van der Waals surface area contributed by atoms with Crippen LogP contribution >= 0.6 is 11.8 Å². The molecule has 1 aliphatic rings. The van der Waals surface area contributed by atoms with Crippen LogP contribution in [0, 0.1) is 0 Å². The zero-order chi connectivity index (χ0) is 13.1. The van der Waals surface area contributed by atoms with Crippen LogP contribution in [0.1, 0.15) is 10.4 Å². The summed E-state index contributed by atoms with van der Waals surface area (Å²) in [5, 5.41) is 3.52. The molecule has 0 saturated carbocycles. The number of imidazole rings is 1. The van der Waals surface area contributed by atoms with E-state index in [0.717, 1.165) is 18.0 Å². The van der Waals surface area contributed by atoms with Crippen molar-refractivity contribution in [1.29, 1.82) is 0 Å². The second-order valence-corrected chi connectivity index (χ2v) is 5.09. The van der Waals surface area contributed by atoms with Crippen molar-refractivity contribution in [1.82, 2.24) is 14.9 Å². The number of rotatable bonds is 2. The second kappa shape index (κ2) is 5.27. The van der Waals surface area contributed by atoms with Crippen LogP contribution in [-0.4, -0.2) is 32.9 Å². The van der Waals surface area contributed by atoms with Gasteiger partial charge >= 0.3 is 0 Å². The summed E-state index contributed by atoms with van der Waals surface area (Å²) in [4.78, 5) is 20.2. The minimum absolute atomic E-state index is 0.120. The molecule has 1 aliphatic heterocycles. The average molecular weight is 272 g/mol. The van der Waals surface area contributed by atoms with E-state index in [2.05, 4.69) is 15.3 Å². The molecule has 96 valence electrons. The summed E-state index contributed by atoms with van der Waals surface area (Å²) in [5.41, 5.74) is 1.60. The van der Waals surface area contributed by atoms with Crippen LogP contribution in [0.5, 0.6) is 0 Å². The van der Waals surface area contributed by atoms with Gasteiger partial charge in [0.05, 0.1) is 12.9 Å². The summed E-state index contributed by atoms with van der Waals surface area (Å²) in [7, 11) is 0. The molecule has 19 heavy (non-hydrogen) atoms. The Labute approximate surface area is 114 Å². The second-order valence-electron chi connectivity index (χ2n) is 4.01. The van der Waals surface area contributed by atoms with Crippen molar-refractivity contribution in [2.75, 3.05) is 12.3 Å². The first-order valence-corrected chi connectivity index (χ1v) is 6.88. The molecule has 0 spiro atoms. The van der Waals surface area contributed by atoms with E-state index in [4.69, 9.17) is 0 Å². The molecule has 0 radical (unpaired) electrons. The number of amidine groups is 1. The molecule has 3 rings (SSSR count). The standard InChI is InChI=1S/C13H12N4OS/c18-12(16-13-15-6-8-19-13)10-1-3-11(4-2-10)17-7-5-14-9-17/h1-5,7,9H,6,8H2,(H,15,16,18). The minimum atomic E-state index is -0.120. The molecule has 0 fully saturated rings. The van der Waals surface area contributed by atoms with Crippen LogP contribution in [0.2, 0.25) is 0 Å². The van der Waals surface area contributed by atoms with Gasteiger partial charge in [0.15, 0.2) is 5.17 Å². The summed E-state index contributed by atoms with van der Waals surface area (Å²) < 4.78 is 1.89. The molecule has 0 bridgehead atoms. The maximum atomic E-state index is 12.0. The van der Waals surface area contributed by atoms with E-state index in [0.29, 0.717) is 10.7 Å². The fraction of sp³-hybridized carbons (Fsp3) is 0.154. The highest BCUT2D eigenvalue weighted by Crippen LogP contribution is 2.12. The predicted octanol–water partition coefficient (Wildman–Crippen LogP) is 1.70. The quantitative estimate of drug-likeness (QED) is 0.905. The van der Waals surface area contributed by atoms with Gasteiger partial charge < -0.3 is 9.88 Å². The molecule has 2 heterocycles. The SMILES string of the molecule is O=C(NC1=NCCS1)c1ccc(-n2ccnc2)cc1. The van der Waals surface area contributed by atoms with Gasteiger partial charge in [-0.15, -0.1) is 0 Å². The van der Waals surface area contributed by atoms with Crippen LogP contribution in [-0.2, 0) is 0 Å². The average Bonchev–Trinajstić information content (AvgIpc) is 3.12. The van der Waals surface area contributed by atoms with Crippen molar-refractivity contribution in [2.24, 2.45) is 4.99 Å². The maximum absolute atomic E-state index is 12.0. The van der Waals surface area contributed by atoms with E-state index in [-0.39, 0.29) is 5.91 Å². The Morgan fingerprint density at radius 2 is 2.16 bits per heavy atom. The molecule has 5 nitrogen and oxygen atoms in total. The van der Waals surface area contributed by atoms with Crippen LogP contribution in [0.25, 0.3) is 5.69 Å². The van der Waals surface area contributed by atoms with Gasteiger partial charge in [-0.25, -0.2) is 4.98 Å². The lowest BCUT2D eigenvalue weighted by atomic mass is 10.2. The van der Waals surface area contributed by atoms with Gasteiger partial charge in [0, 0.05) is 29.4 Å². The van der Waals surface area contributed by atoms with E-state index in [9.17, 15) is 4.79 Å². The normalized spacial score (nSPS) is 14.2. The zero-order valence-corrected chi connectivity index (χ0v) is 10.9. The summed E-state index contributed by atoms with van der Waals surface area (Å²) in [6.45, 7) is 0.778. The van der Waals surface area contributed by atoms with Crippen molar-refractivity contribution in [3.05, 3.63) is 48.5 Å². The van der Waals surface area contributed by atoms with E-state index in [1.807, 2.05) is 22.9 Å². The highest BCUT2D eigenvalue weighted by Gasteiger charge is 2.12. The van der Waals surface area contributed by atoms with E-state index >= 15 is 0 Å². The van der Waals surface area contributed by atoms with Gasteiger partial charge in [-0.2, -0.15) is 0 Å². The fourth-order valence-corrected chi connectivity index (χ4v) is 2.50. The number of benzene rings is 1. The third kappa shape index (κ3) is 2.68. The number of hydrogen-bond donors (Lipinski definition) is 1. The molecule has 1 aromatic carbocycles. The molecule has 0 atom stereocenters. The molecule has 2 aromatic rings. The zero-order valence-electron chi connectivity index (χ0n) is 10.1. The number of carbonyl (C=O) groups excluding carboxylic acids is 1. The van der Waals surface area contributed by atoms with Gasteiger partial charge in [0.25, 0.3) is 5.91 Å². The molecule has 0 aliphatic carbocycles. The van der Waals surface area contributed by atoms with Crippen LogP contribution in [0.3, 0.4) is 0 Å². The maximum Gasteiger partial charge on any atom is 0.257 e. The third-order valence-corrected chi connectivity index (χ3v) is 3.63. The van der Waals surface area contributed by atoms with Gasteiger partial charge in [-0.05, 0) is 24.3 Å². The van der Waals surface area contributed by atoms with Gasteiger partial charge in [-0.3, -0.25) is 9.79 Å². The largest absolute Gasteiger partial charge is 0.306 e. The molecular formula is C13H12N4OS. The first-order valence-electron chi connectivity index (χ1n) is 5.90. The first kappa shape index (κ1) is 12.0. The summed E-state index contributed by atoms with van der Waals surface area (Å²) in [6.07, 6.45) is 5.30. The number of amides is 1. The van der Waals surface area contributed by atoms with Crippen LogP contribution in [0.15, 0.2) is 48.0 Å². The number of aliphatic imine (C=N–C) groups is 1. The molecular weight excluding hydrogens is 260 g/mol. The van der Waals surface area contributed by atoms with Crippen LogP contribution in [0.4, 0.5) is 0 Å². The van der Waals surface area contributed by atoms with Gasteiger partial charge in [0.2, 0.25) is 0 Å². The van der Waals surface area contributed by atoms with Crippen molar-refractivity contribution in [3.63, 3.8) is 0 Å². The Kier molecular flexibility index (Phi) is 3.33. The van der Waals surface area contributed by atoms with Crippen molar-refractivity contribution in [2.45, 2.75) is 0 Å². The van der Waals surface area contributed by atoms with Gasteiger partial charge in [-0.1, -0.05) is 11.8 Å². The molecule has 6 heteroatoms. The minimum Gasteiger partial charge on any atom is -0.306 e. The number of carbonyl (C=O) groups is 1. The molecule has 1 amide bonds. The molecule has 0 unspecified atom stereocenters. The lowest BCUT2D eigenvalue weighted by molar-refractivity contribution is 0.0978. The van der Waals surface area contributed by atoms with Gasteiger partial charge in [0.1, 0.15) is 0 Å². The van der Waals surface area contributed by atoms with Crippen molar-refractivity contribution < 1.29 is 4.79 Å². The van der Waals surface area contributed by atoms with E-state index in [1.165, 1.54) is 0 Å². The topological polar surface area (TPSA) is 59.3 Å². The predicted molar refractivity (Wildman–Crippen MR) is 75.8 cm³/mol. The smallest absolute Gasteiger partial charge is 0.257 e. The highest BCUT2D eigenvalue weighted by molar-refractivity contribution is 8.14. The van der Waals surface area contributed by atoms with Crippen LogP contribution < -0.4 is 5.32 Å². The highest BCUT2D eigenvalue weighted by atomic mass is 32.2. The van der Waals surface area contributed by atoms with Crippen molar-refractivity contribution in [3.8, 4) is 5.69 Å². The summed E-state index contributed by atoms with van der Waals surface area (Å²) in [5.74, 6) is 0.820. The number of nitrogens with one attached hydrogen (secondary N) is 1. The van der Waals surface area contributed by atoms with Crippen molar-refractivity contribution >= 4 is 22.8 Å². The Balaban J connectivity index is 1.73. The Hall–Kier alpha value is -2.08. The summed E-state index contributed by atoms with van der Waals surface area (Å²) >= 11 is 1.57. The lowest BCUT2D eigenvalue weighted by Gasteiger charge is -2.05. The fourth-order valence-electron chi connectivity index (χ4n) is 1.78. The molecule has 0 saturated heterocycles. The number of hydrogen-bond acceptors (Lipinski definition) is 4. The molecule has 1 aromatic heterocycles. The third-order valence-electron chi connectivity index (χ3n) is 2.74. The lowest BCUT2D eigenvalue weighted by Crippen LogP contribution is -2.27. The summed E-state index contributed by atoms with van der Waals surface area (Å²) in [6, 6.07) is 7.37. The number of aromatic nitrogens is 2. The Morgan fingerprint density at radius 1 is 1.32 bits per heavy atom. The van der Waals surface area contributed by atoms with E-state index < -0.39 is 0 Å². The Morgan fingerprint density at radius 3 is 2.79 bits per heavy atom. The van der Waals surface area contributed by atoms with E-state index in [1.54, 1.807) is 36.4 Å². The molecule has 1 N–H and O–H groups in total. The first-order chi connectivity index (χ1) is 9.33. The number of thioether (sulfide) groups is 1. The Bertz CT molecular complexity index is 604.